The van der Waals surface area contributed by atoms with E-state index in [1.165, 1.54) is 0 Å². The molecule has 11 heavy (non-hydrogen) atoms. The van der Waals surface area contributed by atoms with Crippen molar-refractivity contribution in [3.05, 3.63) is 0 Å². The highest BCUT2D eigenvalue weighted by molar-refractivity contribution is 5.70. The van der Waals surface area contributed by atoms with Crippen LogP contribution in [0.25, 0.3) is 0 Å². The number of hydrogen-bond donors (Lipinski definition) is 1. The number of ether oxygens (including phenoxy) is 1. The summed E-state index contributed by atoms with van der Waals surface area (Å²) in [6.45, 7) is 6.75. The molecule has 0 saturated carbocycles. The normalized spacial score (nSPS) is 32.8. The summed E-state index contributed by atoms with van der Waals surface area (Å²) in [4.78, 5) is 10.7. The van der Waals surface area contributed by atoms with E-state index in [2.05, 4.69) is 19.2 Å². The first-order chi connectivity index (χ1) is 5.08. The second kappa shape index (κ2) is 2.72. The predicted molar refractivity (Wildman–Crippen MR) is 42.3 cm³/mol. The van der Waals surface area contributed by atoms with Crippen LogP contribution in [-0.2, 0) is 4.74 Å². The van der Waals surface area contributed by atoms with E-state index in [9.17, 15) is 4.79 Å². The van der Waals surface area contributed by atoms with E-state index in [-0.39, 0.29) is 11.6 Å². The van der Waals surface area contributed by atoms with Crippen molar-refractivity contribution in [3.63, 3.8) is 0 Å². The van der Waals surface area contributed by atoms with Gasteiger partial charge in [0.15, 0.2) is 0 Å². The molecule has 1 rings (SSSR count). The number of rotatable bonds is 2. The number of cyclic esters (lactones) is 1. The Hall–Kier alpha value is -0.730. The zero-order valence-electron chi connectivity index (χ0n) is 7.31. The molecule has 1 fully saturated rings. The summed E-state index contributed by atoms with van der Waals surface area (Å²) < 4.78 is 4.84. The second-order valence-corrected chi connectivity index (χ2v) is 3.43. The zero-order chi connectivity index (χ0) is 8.48. The van der Waals surface area contributed by atoms with Gasteiger partial charge in [-0.15, -0.1) is 0 Å². The number of amides is 1. The maximum Gasteiger partial charge on any atom is 0.407 e. The van der Waals surface area contributed by atoms with Gasteiger partial charge in [-0.05, 0) is 12.8 Å². The van der Waals surface area contributed by atoms with Crippen LogP contribution in [0.15, 0.2) is 0 Å². The molecule has 64 valence electrons. The average Bonchev–Trinajstić information content (AvgIpc) is 2.31. The summed E-state index contributed by atoms with van der Waals surface area (Å²) in [5.41, 5.74) is -0.147. The second-order valence-electron chi connectivity index (χ2n) is 3.43. The number of carbonyl (C=O) groups excluding carboxylic acids is 1. The third-order valence-electron chi connectivity index (χ3n) is 2.59. The van der Waals surface area contributed by atoms with Crippen molar-refractivity contribution in [3.8, 4) is 0 Å². The maximum absolute atomic E-state index is 10.7. The van der Waals surface area contributed by atoms with Crippen LogP contribution in [-0.4, -0.2) is 18.2 Å². The molecule has 2 unspecified atom stereocenters. The number of carbonyl (C=O) groups is 1. The van der Waals surface area contributed by atoms with Gasteiger partial charge in [0.2, 0.25) is 0 Å². The van der Waals surface area contributed by atoms with Crippen molar-refractivity contribution in [2.45, 2.75) is 32.7 Å². The zero-order valence-corrected chi connectivity index (χ0v) is 7.31. The summed E-state index contributed by atoms with van der Waals surface area (Å²) in [6, 6.07) is 0. The highest BCUT2D eigenvalue weighted by Gasteiger charge is 2.38. The van der Waals surface area contributed by atoms with E-state index in [0.717, 1.165) is 6.42 Å². The van der Waals surface area contributed by atoms with Gasteiger partial charge in [0, 0.05) is 0 Å². The molecule has 0 radical (unpaired) electrons. The molecule has 1 amide bonds. The summed E-state index contributed by atoms with van der Waals surface area (Å²) in [6.07, 6.45) is 0.771. The molecule has 0 aromatic carbocycles. The molecule has 1 heterocycles. The Labute approximate surface area is 67.1 Å². The predicted octanol–water partition coefficient (Wildman–Crippen LogP) is 1.53. The van der Waals surface area contributed by atoms with E-state index in [1.54, 1.807) is 0 Å². The summed E-state index contributed by atoms with van der Waals surface area (Å²) in [5.74, 6) is 0.467. The molecule has 1 aliphatic rings. The smallest absolute Gasteiger partial charge is 0.407 e. The first kappa shape index (κ1) is 8.37. The van der Waals surface area contributed by atoms with Crippen molar-refractivity contribution in [1.29, 1.82) is 0 Å². The Balaban J connectivity index is 2.61. The number of nitrogens with one attached hydrogen (secondary N) is 1. The Bertz CT molecular complexity index is 169. The lowest BCUT2D eigenvalue weighted by Crippen LogP contribution is -2.45. The Morgan fingerprint density at radius 1 is 1.82 bits per heavy atom. The van der Waals surface area contributed by atoms with Crippen molar-refractivity contribution in [2.75, 3.05) is 6.61 Å². The van der Waals surface area contributed by atoms with Gasteiger partial charge in [-0.2, -0.15) is 0 Å². The summed E-state index contributed by atoms with van der Waals surface area (Å²) >= 11 is 0. The fraction of sp³-hybridized carbons (Fsp3) is 0.875. The molecular formula is C8H15NO2. The Morgan fingerprint density at radius 2 is 2.45 bits per heavy atom. The van der Waals surface area contributed by atoms with E-state index in [1.807, 2.05) is 6.92 Å². The first-order valence-electron chi connectivity index (χ1n) is 4.03. The van der Waals surface area contributed by atoms with E-state index in [4.69, 9.17) is 4.74 Å². The summed E-state index contributed by atoms with van der Waals surface area (Å²) in [7, 11) is 0. The molecule has 2 atom stereocenters. The Kier molecular flexibility index (Phi) is 2.07. The molecule has 1 aliphatic heterocycles. The van der Waals surface area contributed by atoms with Gasteiger partial charge in [0.25, 0.3) is 0 Å². The number of alkyl carbamates (subject to hydrolysis) is 1. The van der Waals surface area contributed by atoms with Gasteiger partial charge < -0.3 is 10.1 Å². The lowest BCUT2D eigenvalue weighted by atomic mass is 9.87. The van der Waals surface area contributed by atoms with E-state index < -0.39 is 0 Å². The minimum absolute atomic E-state index is 0.147. The molecule has 0 bridgehead atoms. The van der Waals surface area contributed by atoms with E-state index in [0.29, 0.717) is 12.5 Å². The number of hydrogen-bond acceptors (Lipinski definition) is 2. The monoisotopic (exact) mass is 157 g/mol. The quantitative estimate of drug-likeness (QED) is 0.660. The molecule has 0 aliphatic carbocycles. The highest BCUT2D eigenvalue weighted by Crippen LogP contribution is 2.24. The minimum Gasteiger partial charge on any atom is -0.447 e. The minimum atomic E-state index is -0.284. The van der Waals surface area contributed by atoms with Crippen molar-refractivity contribution in [2.24, 2.45) is 5.92 Å². The van der Waals surface area contributed by atoms with Gasteiger partial charge in [0.1, 0.15) is 6.61 Å². The van der Waals surface area contributed by atoms with Gasteiger partial charge in [-0.1, -0.05) is 20.3 Å². The van der Waals surface area contributed by atoms with Crippen LogP contribution >= 0.6 is 0 Å². The molecule has 3 nitrogen and oxygen atoms in total. The third kappa shape index (κ3) is 1.47. The molecular weight excluding hydrogens is 142 g/mol. The van der Waals surface area contributed by atoms with Crippen LogP contribution in [0, 0.1) is 5.92 Å². The fourth-order valence-corrected chi connectivity index (χ4v) is 1.24. The standard InChI is InChI=1S/C8H15NO2/c1-4-6(2)8(3)5-11-7(10)9-8/h6H,4-5H2,1-3H3,(H,9,10). The lowest BCUT2D eigenvalue weighted by molar-refractivity contribution is 0.166. The topological polar surface area (TPSA) is 38.3 Å². The Morgan fingerprint density at radius 3 is 2.82 bits per heavy atom. The molecule has 0 aromatic rings. The SMILES string of the molecule is CCC(C)C1(C)COC(=O)N1. The third-order valence-corrected chi connectivity index (χ3v) is 2.59. The van der Waals surface area contributed by atoms with Gasteiger partial charge >= 0.3 is 6.09 Å². The average molecular weight is 157 g/mol. The van der Waals surface area contributed by atoms with Crippen LogP contribution < -0.4 is 5.32 Å². The molecule has 0 spiro atoms. The molecule has 3 heteroatoms. The lowest BCUT2D eigenvalue weighted by Gasteiger charge is -2.27. The van der Waals surface area contributed by atoms with Crippen molar-refractivity contribution >= 4 is 6.09 Å². The molecule has 1 N–H and O–H groups in total. The van der Waals surface area contributed by atoms with Crippen LogP contribution in [0.1, 0.15) is 27.2 Å². The van der Waals surface area contributed by atoms with Crippen molar-refractivity contribution in [1.82, 2.24) is 5.32 Å². The highest BCUT2D eigenvalue weighted by atomic mass is 16.6. The molecule has 0 aromatic heterocycles. The maximum atomic E-state index is 10.7. The first-order valence-corrected chi connectivity index (χ1v) is 4.03. The van der Waals surface area contributed by atoms with Gasteiger partial charge in [-0.3, -0.25) is 0 Å². The summed E-state index contributed by atoms with van der Waals surface area (Å²) in [5, 5.41) is 2.82. The van der Waals surface area contributed by atoms with Crippen LogP contribution in [0.4, 0.5) is 4.79 Å². The largest absolute Gasteiger partial charge is 0.447 e. The van der Waals surface area contributed by atoms with Crippen LogP contribution in [0.2, 0.25) is 0 Å². The van der Waals surface area contributed by atoms with Crippen molar-refractivity contribution < 1.29 is 9.53 Å². The van der Waals surface area contributed by atoms with Gasteiger partial charge in [0.05, 0.1) is 5.54 Å². The van der Waals surface area contributed by atoms with Crippen LogP contribution in [0.5, 0.6) is 0 Å². The van der Waals surface area contributed by atoms with Gasteiger partial charge in [-0.25, -0.2) is 4.79 Å². The van der Waals surface area contributed by atoms with Crippen LogP contribution in [0.3, 0.4) is 0 Å². The van der Waals surface area contributed by atoms with E-state index >= 15 is 0 Å². The fourth-order valence-electron chi connectivity index (χ4n) is 1.24. The molecule has 1 saturated heterocycles.